The molecule has 134 valence electrons. The molecule has 0 aromatic heterocycles. The third-order valence-electron chi connectivity index (χ3n) is 4.32. The lowest BCUT2D eigenvalue weighted by Gasteiger charge is -2.18. The third-order valence-corrected chi connectivity index (χ3v) is 5.87. The van der Waals surface area contributed by atoms with Gasteiger partial charge in [0.25, 0.3) is 0 Å². The van der Waals surface area contributed by atoms with Crippen LogP contribution in [0.25, 0.3) is 0 Å². The Morgan fingerprint density at radius 2 is 2.00 bits per heavy atom. The molecular formula is C18H32O4S. The minimum atomic E-state index is -0.732. The summed E-state index contributed by atoms with van der Waals surface area (Å²) in [6, 6.07) is 0. The van der Waals surface area contributed by atoms with Crippen LogP contribution in [0.15, 0.2) is 12.2 Å². The van der Waals surface area contributed by atoms with Crippen molar-refractivity contribution in [3.05, 3.63) is 12.2 Å². The lowest BCUT2D eigenvalue weighted by molar-refractivity contribution is -0.137. The fourth-order valence-electron chi connectivity index (χ4n) is 2.86. The van der Waals surface area contributed by atoms with Crippen LogP contribution in [0, 0.1) is 11.8 Å². The fraction of sp³-hybridized carbons (Fsp3) is 0.833. The van der Waals surface area contributed by atoms with Gasteiger partial charge in [-0.25, -0.2) is 0 Å². The largest absolute Gasteiger partial charge is 0.616 e. The number of unbranched alkanes of at least 4 members (excludes halogenated alkanes) is 4. The van der Waals surface area contributed by atoms with Crippen LogP contribution in [0.4, 0.5) is 0 Å². The van der Waals surface area contributed by atoms with Crippen LogP contribution in [0.2, 0.25) is 0 Å². The number of hydrogen-bond donors (Lipinski definition) is 1. The smallest absolute Gasteiger partial charge is 0.303 e. The molecule has 5 heteroatoms. The van der Waals surface area contributed by atoms with Gasteiger partial charge in [0.05, 0.1) is 13.2 Å². The first-order chi connectivity index (χ1) is 11.1. The molecule has 1 rings (SSSR count). The molecule has 1 fully saturated rings. The number of allylic oxidation sites excluding steroid dienone is 2. The average Bonchev–Trinajstić information content (AvgIpc) is 2.94. The van der Waals surface area contributed by atoms with Crippen molar-refractivity contribution in [2.75, 3.05) is 24.7 Å². The van der Waals surface area contributed by atoms with Crippen LogP contribution in [0.1, 0.15) is 58.3 Å². The highest BCUT2D eigenvalue weighted by Crippen LogP contribution is 2.26. The first-order valence-corrected chi connectivity index (χ1v) is 10.4. The van der Waals surface area contributed by atoms with Crippen LogP contribution in [0.5, 0.6) is 0 Å². The number of ether oxygens (including phenoxy) is 1. The summed E-state index contributed by atoms with van der Waals surface area (Å²) < 4.78 is 17.7. The van der Waals surface area contributed by atoms with Gasteiger partial charge in [0.1, 0.15) is 11.5 Å². The van der Waals surface area contributed by atoms with Crippen molar-refractivity contribution >= 4 is 17.1 Å². The summed E-state index contributed by atoms with van der Waals surface area (Å²) in [6.07, 6.45) is 11.6. The first-order valence-electron chi connectivity index (χ1n) is 8.93. The van der Waals surface area contributed by atoms with Gasteiger partial charge in [0, 0.05) is 12.3 Å². The van der Waals surface area contributed by atoms with Gasteiger partial charge in [-0.05, 0) is 38.0 Å². The quantitative estimate of drug-likeness (QED) is 0.314. The average molecular weight is 345 g/mol. The highest BCUT2D eigenvalue weighted by atomic mass is 32.2. The minimum Gasteiger partial charge on any atom is -0.616 e. The van der Waals surface area contributed by atoms with Gasteiger partial charge < -0.3 is 14.4 Å². The molecule has 0 aromatic rings. The van der Waals surface area contributed by atoms with Crippen molar-refractivity contribution < 1.29 is 19.2 Å². The molecule has 0 bridgehead atoms. The van der Waals surface area contributed by atoms with Gasteiger partial charge in [-0.1, -0.05) is 43.1 Å². The van der Waals surface area contributed by atoms with E-state index in [1.165, 1.54) is 19.3 Å². The molecule has 1 aliphatic rings. The van der Waals surface area contributed by atoms with Gasteiger partial charge in [-0.2, -0.15) is 0 Å². The molecule has 1 N–H and O–H groups in total. The fourth-order valence-corrected chi connectivity index (χ4v) is 4.40. The Labute approximate surface area is 143 Å². The van der Waals surface area contributed by atoms with E-state index in [0.29, 0.717) is 18.3 Å². The molecule has 0 aromatic carbocycles. The molecule has 1 saturated heterocycles. The Morgan fingerprint density at radius 3 is 2.74 bits per heavy atom. The summed E-state index contributed by atoms with van der Waals surface area (Å²) in [5.74, 6) is 1.73. The van der Waals surface area contributed by atoms with E-state index < -0.39 is 17.1 Å². The molecule has 0 aliphatic carbocycles. The van der Waals surface area contributed by atoms with Crippen molar-refractivity contribution in [2.45, 2.75) is 58.3 Å². The van der Waals surface area contributed by atoms with Crippen molar-refractivity contribution in [1.82, 2.24) is 0 Å². The SMILES string of the molecule is CCCCCC[S+]([O-])C[C@H]1COC[C@H]1CC=CCCCC(=O)O. The second kappa shape index (κ2) is 12.8. The number of hydrogen-bond acceptors (Lipinski definition) is 3. The van der Waals surface area contributed by atoms with Crippen molar-refractivity contribution in [3.8, 4) is 0 Å². The molecule has 4 nitrogen and oxygen atoms in total. The van der Waals surface area contributed by atoms with Crippen molar-refractivity contribution in [3.63, 3.8) is 0 Å². The normalized spacial score (nSPS) is 22.7. The molecule has 1 aliphatic heterocycles. The summed E-state index contributed by atoms with van der Waals surface area (Å²) in [7, 11) is 0. The molecule has 0 radical (unpaired) electrons. The zero-order valence-electron chi connectivity index (χ0n) is 14.4. The van der Waals surface area contributed by atoms with Gasteiger partial charge in [-0.15, -0.1) is 0 Å². The van der Waals surface area contributed by atoms with E-state index in [4.69, 9.17) is 9.84 Å². The van der Waals surface area contributed by atoms with Gasteiger partial charge in [0.2, 0.25) is 0 Å². The van der Waals surface area contributed by atoms with Crippen LogP contribution < -0.4 is 0 Å². The molecule has 1 unspecified atom stereocenters. The van der Waals surface area contributed by atoms with E-state index in [0.717, 1.165) is 44.0 Å². The molecule has 3 atom stereocenters. The maximum atomic E-state index is 12.2. The summed E-state index contributed by atoms with van der Waals surface area (Å²) >= 11 is -0.719. The minimum absolute atomic E-state index is 0.233. The van der Waals surface area contributed by atoms with Crippen molar-refractivity contribution in [2.24, 2.45) is 11.8 Å². The highest BCUT2D eigenvalue weighted by Gasteiger charge is 2.30. The summed E-state index contributed by atoms with van der Waals surface area (Å²) in [5.41, 5.74) is 0. The van der Waals surface area contributed by atoms with E-state index in [2.05, 4.69) is 19.1 Å². The zero-order chi connectivity index (χ0) is 16.9. The maximum Gasteiger partial charge on any atom is 0.303 e. The van der Waals surface area contributed by atoms with E-state index in [1.54, 1.807) is 0 Å². The summed E-state index contributed by atoms with van der Waals surface area (Å²) in [5, 5.41) is 8.58. The number of rotatable bonds is 13. The zero-order valence-corrected chi connectivity index (χ0v) is 15.2. The van der Waals surface area contributed by atoms with Crippen LogP contribution >= 0.6 is 0 Å². The first kappa shape index (κ1) is 20.5. The number of carboxylic acid groups (broad SMARTS) is 1. The monoisotopic (exact) mass is 344 g/mol. The molecule has 0 spiro atoms. The second-order valence-corrected chi connectivity index (χ2v) is 8.04. The maximum absolute atomic E-state index is 12.2. The lowest BCUT2D eigenvalue weighted by Crippen LogP contribution is -2.24. The van der Waals surface area contributed by atoms with Crippen LogP contribution in [-0.4, -0.2) is 40.3 Å². The van der Waals surface area contributed by atoms with E-state index in [9.17, 15) is 9.35 Å². The lowest BCUT2D eigenvalue weighted by atomic mass is 9.94. The van der Waals surface area contributed by atoms with Gasteiger partial charge >= 0.3 is 5.97 Å². The van der Waals surface area contributed by atoms with Crippen LogP contribution in [-0.2, 0) is 20.7 Å². The van der Waals surface area contributed by atoms with E-state index >= 15 is 0 Å². The number of carboxylic acids is 1. The molecule has 1 heterocycles. The molecule has 0 amide bonds. The van der Waals surface area contributed by atoms with Gasteiger partial charge in [-0.3, -0.25) is 4.79 Å². The molecule has 0 saturated carbocycles. The Hall–Kier alpha value is -0.520. The second-order valence-electron chi connectivity index (χ2n) is 6.42. The Bertz CT molecular complexity index is 346. The number of aliphatic carboxylic acids is 1. The third kappa shape index (κ3) is 10.0. The molecule has 23 heavy (non-hydrogen) atoms. The Morgan fingerprint density at radius 1 is 1.22 bits per heavy atom. The Kier molecular flexibility index (Phi) is 11.5. The summed E-state index contributed by atoms with van der Waals surface area (Å²) in [4.78, 5) is 10.4. The van der Waals surface area contributed by atoms with E-state index in [1.807, 2.05) is 0 Å². The Balaban J connectivity index is 2.17. The topological polar surface area (TPSA) is 69.6 Å². The van der Waals surface area contributed by atoms with Gasteiger partial charge in [0.15, 0.2) is 0 Å². The predicted octanol–water partition coefficient (Wildman–Crippen LogP) is 3.78. The van der Waals surface area contributed by atoms with Crippen LogP contribution in [0.3, 0.4) is 0 Å². The highest BCUT2D eigenvalue weighted by molar-refractivity contribution is 7.91. The number of carbonyl (C=O) groups is 1. The predicted molar refractivity (Wildman–Crippen MR) is 95.1 cm³/mol. The standard InChI is InChI=1S/C18H32O4S/c1-2-3-4-9-12-23(21)15-17-14-22-13-16(17)10-7-5-6-8-11-18(19)20/h5,7,16-17H,2-4,6,8-15H2,1H3,(H,19,20)/t16-,17-,23?/m1/s1. The van der Waals surface area contributed by atoms with E-state index in [-0.39, 0.29) is 6.42 Å². The molecular weight excluding hydrogens is 312 g/mol. The van der Waals surface area contributed by atoms with Crippen molar-refractivity contribution in [1.29, 1.82) is 0 Å². The summed E-state index contributed by atoms with van der Waals surface area (Å²) in [6.45, 7) is 3.68.